The Labute approximate surface area is 107 Å². The molecule has 0 N–H and O–H groups in total. The summed E-state index contributed by atoms with van der Waals surface area (Å²) in [4.78, 5) is 0. The molecule has 5 atom stereocenters. The van der Waals surface area contributed by atoms with E-state index in [1.54, 1.807) is 21.3 Å². The van der Waals surface area contributed by atoms with Gasteiger partial charge in [0.1, 0.15) is 24.4 Å². The van der Waals surface area contributed by atoms with Crippen LogP contribution >= 0.6 is 0 Å². The molecule has 0 aromatic carbocycles. The first-order valence-electron chi connectivity index (χ1n) is 6.08. The highest BCUT2D eigenvalue weighted by molar-refractivity contribution is 4.96. The van der Waals surface area contributed by atoms with E-state index >= 15 is 0 Å². The summed E-state index contributed by atoms with van der Waals surface area (Å²) in [5.41, 5.74) is 0. The summed E-state index contributed by atoms with van der Waals surface area (Å²) >= 11 is 0. The molecule has 0 radical (unpaired) electrons. The average Bonchev–Trinajstić information content (AvgIpc) is 2.63. The Balaban J connectivity index is 2.18. The summed E-state index contributed by atoms with van der Waals surface area (Å²) in [6.45, 7) is 4.16. The first kappa shape index (κ1) is 14.2. The predicted molar refractivity (Wildman–Crippen MR) is 62.2 cm³/mol. The van der Waals surface area contributed by atoms with Gasteiger partial charge in [-0.05, 0) is 13.8 Å². The number of rotatable bonds is 4. The van der Waals surface area contributed by atoms with Crippen LogP contribution in [0, 0.1) is 0 Å². The van der Waals surface area contributed by atoms with Gasteiger partial charge < -0.3 is 28.4 Å². The topological polar surface area (TPSA) is 55.4 Å². The van der Waals surface area contributed by atoms with Gasteiger partial charge in [0, 0.05) is 21.3 Å². The van der Waals surface area contributed by atoms with E-state index in [-0.39, 0.29) is 24.4 Å². The van der Waals surface area contributed by atoms with Crippen molar-refractivity contribution in [3.63, 3.8) is 0 Å². The Morgan fingerprint density at radius 1 is 1.00 bits per heavy atom. The Morgan fingerprint density at radius 2 is 1.67 bits per heavy atom. The lowest BCUT2D eigenvalue weighted by molar-refractivity contribution is -0.277. The summed E-state index contributed by atoms with van der Waals surface area (Å²) in [7, 11) is 4.85. The van der Waals surface area contributed by atoms with Gasteiger partial charge in [-0.25, -0.2) is 0 Å². The first-order chi connectivity index (χ1) is 8.52. The monoisotopic (exact) mass is 262 g/mol. The molecule has 0 bridgehead atoms. The van der Waals surface area contributed by atoms with Crippen LogP contribution in [0.25, 0.3) is 0 Å². The number of fused-ring (bicyclic) bond motifs is 1. The molecule has 0 saturated carbocycles. The molecular formula is C12H22O6. The van der Waals surface area contributed by atoms with Gasteiger partial charge in [-0.1, -0.05) is 0 Å². The molecule has 0 aliphatic carbocycles. The molecule has 2 rings (SSSR count). The van der Waals surface area contributed by atoms with Crippen molar-refractivity contribution >= 4 is 0 Å². The van der Waals surface area contributed by atoms with Gasteiger partial charge in [-0.3, -0.25) is 0 Å². The van der Waals surface area contributed by atoms with Gasteiger partial charge >= 0.3 is 0 Å². The van der Waals surface area contributed by atoms with E-state index in [0.29, 0.717) is 6.61 Å². The fraction of sp³-hybridized carbons (Fsp3) is 1.00. The molecule has 0 aromatic rings. The molecule has 2 aliphatic heterocycles. The van der Waals surface area contributed by atoms with Crippen molar-refractivity contribution in [3.8, 4) is 0 Å². The van der Waals surface area contributed by atoms with E-state index in [1.807, 2.05) is 13.8 Å². The second-order valence-electron chi connectivity index (χ2n) is 5.00. The Bertz CT molecular complexity index is 282. The minimum atomic E-state index is -0.659. The summed E-state index contributed by atoms with van der Waals surface area (Å²) in [5.74, 6) is -0.659. The van der Waals surface area contributed by atoms with Gasteiger partial charge in [-0.2, -0.15) is 0 Å². The molecule has 6 heteroatoms. The Hall–Kier alpha value is -0.240. The van der Waals surface area contributed by atoms with Crippen LogP contribution in [-0.2, 0) is 28.4 Å². The molecular weight excluding hydrogens is 240 g/mol. The van der Waals surface area contributed by atoms with Crippen molar-refractivity contribution in [3.05, 3.63) is 0 Å². The standard InChI is InChI=1S/C12H22O6/c1-12(2)17-9-8(14-4)7(6-13-3)16-11(15-5)10(9)18-12/h7-11H,6H2,1-5H3/t7-,8-,9+,10+,11+/m1/s1. The van der Waals surface area contributed by atoms with E-state index in [1.165, 1.54) is 0 Å². The maximum absolute atomic E-state index is 5.90. The lowest BCUT2D eigenvalue weighted by atomic mass is 9.99. The van der Waals surface area contributed by atoms with Gasteiger partial charge in [0.2, 0.25) is 0 Å². The highest BCUT2D eigenvalue weighted by atomic mass is 16.8. The van der Waals surface area contributed by atoms with Crippen LogP contribution in [-0.4, -0.2) is 64.4 Å². The zero-order valence-corrected chi connectivity index (χ0v) is 11.5. The van der Waals surface area contributed by atoms with Crippen LogP contribution in [0.4, 0.5) is 0 Å². The Morgan fingerprint density at radius 3 is 2.22 bits per heavy atom. The van der Waals surface area contributed by atoms with E-state index in [4.69, 9.17) is 28.4 Å². The lowest BCUT2D eigenvalue weighted by Gasteiger charge is -2.40. The summed E-state index contributed by atoms with van der Waals surface area (Å²) < 4.78 is 33.5. The molecule has 0 unspecified atom stereocenters. The molecule has 106 valence electrons. The number of hydrogen-bond acceptors (Lipinski definition) is 6. The van der Waals surface area contributed by atoms with Gasteiger partial charge in [-0.15, -0.1) is 0 Å². The van der Waals surface area contributed by atoms with Crippen molar-refractivity contribution in [2.75, 3.05) is 27.9 Å². The van der Waals surface area contributed by atoms with Crippen LogP contribution in [0.3, 0.4) is 0 Å². The molecule has 2 heterocycles. The van der Waals surface area contributed by atoms with E-state index in [2.05, 4.69) is 0 Å². The second-order valence-corrected chi connectivity index (χ2v) is 5.00. The molecule has 6 nitrogen and oxygen atoms in total. The molecule has 0 spiro atoms. The smallest absolute Gasteiger partial charge is 0.186 e. The summed E-state index contributed by atoms with van der Waals surface area (Å²) in [5, 5.41) is 0. The Kier molecular flexibility index (Phi) is 4.25. The zero-order valence-electron chi connectivity index (χ0n) is 11.5. The maximum Gasteiger partial charge on any atom is 0.186 e. The van der Waals surface area contributed by atoms with Crippen molar-refractivity contribution in [2.24, 2.45) is 0 Å². The molecule has 2 saturated heterocycles. The highest BCUT2D eigenvalue weighted by Gasteiger charge is 2.55. The van der Waals surface area contributed by atoms with Crippen LogP contribution in [0.2, 0.25) is 0 Å². The maximum atomic E-state index is 5.90. The van der Waals surface area contributed by atoms with Gasteiger partial charge in [0.25, 0.3) is 0 Å². The first-order valence-corrected chi connectivity index (χ1v) is 6.08. The average molecular weight is 262 g/mol. The van der Waals surface area contributed by atoms with E-state index < -0.39 is 12.1 Å². The number of ether oxygens (including phenoxy) is 6. The third-order valence-electron chi connectivity index (χ3n) is 3.27. The SMILES string of the molecule is COC[C@H]1O[C@H](OC)[C@H]2OC(C)(C)O[C@H]2[C@@H]1OC. The number of hydrogen-bond donors (Lipinski definition) is 0. The van der Waals surface area contributed by atoms with Gasteiger partial charge in [0.15, 0.2) is 12.1 Å². The third kappa shape index (κ3) is 2.54. The third-order valence-corrected chi connectivity index (χ3v) is 3.27. The largest absolute Gasteiger partial charge is 0.382 e. The van der Waals surface area contributed by atoms with E-state index in [0.717, 1.165) is 0 Å². The van der Waals surface area contributed by atoms with Crippen LogP contribution in [0.1, 0.15) is 13.8 Å². The quantitative estimate of drug-likeness (QED) is 0.737. The fourth-order valence-corrected chi connectivity index (χ4v) is 2.59. The van der Waals surface area contributed by atoms with Crippen molar-refractivity contribution in [1.29, 1.82) is 0 Å². The van der Waals surface area contributed by atoms with Gasteiger partial charge in [0.05, 0.1) is 6.61 Å². The van der Waals surface area contributed by atoms with E-state index in [9.17, 15) is 0 Å². The highest BCUT2D eigenvalue weighted by Crippen LogP contribution is 2.38. The number of methoxy groups -OCH3 is 3. The normalized spacial score (nSPS) is 42.8. The minimum Gasteiger partial charge on any atom is -0.382 e. The zero-order chi connectivity index (χ0) is 13.3. The van der Waals surface area contributed by atoms with Crippen molar-refractivity contribution < 1.29 is 28.4 Å². The second kappa shape index (κ2) is 5.40. The molecule has 18 heavy (non-hydrogen) atoms. The van der Waals surface area contributed by atoms with Crippen LogP contribution in [0.5, 0.6) is 0 Å². The lowest BCUT2D eigenvalue weighted by Crippen LogP contribution is -2.58. The molecule has 2 aliphatic rings. The van der Waals surface area contributed by atoms with Crippen LogP contribution in [0.15, 0.2) is 0 Å². The molecule has 0 aromatic heterocycles. The predicted octanol–water partition coefficient (Wildman–Crippen LogP) is 0.539. The minimum absolute atomic E-state index is 0.219. The summed E-state index contributed by atoms with van der Waals surface area (Å²) in [6.07, 6.45) is -1.44. The fourth-order valence-electron chi connectivity index (χ4n) is 2.59. The summed E-state index contributed by atoms with van der Waals surface area (Å²) in [6, 6.07) is 0. The van der Waals surface area contributed by atoms with Crippen molar-refractivity contribution in [1.82, 2.24) is 0 Å². The van der Waals surface area contributed by atoms with Crippen molar-refractivity contribution in [2.45, 2.75) is 50.3 Å². The molecule has 0 amide bonds. The van der Waals surface area contributed by atoms with Crippen LogP contribution < -0.4 is 0 Å². The molecule has 2 fully saturated rings.